The molecular formula is C26H31FN7OS+. The van der Waals surface area contributed by atoms with Gasteiger partial charge >= 0.3 is 0 Å². The molecule has 0 bridgehead atoms. The Bertz CT molecular complexity index is 1350. The topological polar surface area (TPSA) is 70.3 Å². The van der Waals surface area contributed by atoms with Gasteiger partial charge in [-0.1, -0.05) is 20.8 Å². The summed E-state index contributed by atoms with van der Waals surface area (Å²) in [6.45, 7) is 11.7. The smallest absolute Gasteiger partial charge is 0.276 e. The molecule has 8 nitrogen and oxygen atoms in total. The minimum absolute atomic E-state index is 0.247. The van der Waals surface area contributed by atoms with Gasteiger partial charge in [0.15, 0.2) is 5.82 Å². The number of hydrogen-bond acceptors (Lipinski definition) is 8. The lowest BCUT2D eigenvalue weighted by atomic mass is 10.0. The number of rotatable bonds is 7. The van der Waals surface area contributed by atoms with E-state index in [9.17, 15) is 4.39 Å². The number of hydrogen-bond donors (Lipinski definition) is 1. The fourth-order valence-corrected chi connectivity index (χ4v) is 5.78. The van der Waals surface area contributed by atoms with Gasteiger partial charge in [0, 0.05) is 43.0 Å². The summed E-state index contributed by atoms with van der Waals surface area (Å²) in [7, 11) is 1.61. The Balaban J connectivity index is 1.39. The van der Waals surface area contributed by atoms with Crippen molar-refractivity contribution in [1.29, 1.82) is 0 Å². The lowest BCUT2D eigenvalue weighted by Gasteiger charge is -2.35. The van der Waals surface area contributed by atoms with Gasteiger partial charge in [-0.15, -0.1) is 11.3 Å². The zero-order valence-electron chi connectivity index (χ0n) is 21.0. The van der Waals surface area contributed by atoms with Crippen molar-refractivity contribution in [3.05, 3.63) is 54.2 Å². The maximum absolute atomic E-state index is 14.9. The first kappa shape index (κ1) is 24.3. The summed E-state index contributed by atoms with van der Waals surface area (Å²) in [5, 5.41) is 3.12. The van der Waals surface area contributed by atoms with Crippen LogP contribution in [-0.2, 0) is 0 Å². The molecule has 4 aromatic heterocycles. The summed E-state index contributed by atoms with van der Waals surface area (Å²) in [4.78, 5) is 24.2. The van der Waals surface area contributed by atoms with Crippen molar-refractivity contribution in [2.75, 3.05) is 50.1 Å². The van der Waals surface area contributed by atoms with Crippen molar-refractivity contribution in [2.24, 2.45) is 0 Å². The molecule has 1 aliphatic rings. The van der Waals surface area contributed by atoms with Crippen molar-refractivity contribution >= 4 is 39.0 Å². The van der Waals surface area contributed by atoms with Crippen molar-refractivity contribution in [3.8, 4) is 10.6 Å². The van der Waals surface area contributed by atoms with Crippen LogP contribution in [0.15, 0.2) is 42.9 Å². The van der Waals surface area contributed by atoms with E-state index >= 15 is 0 Å². The zero-order chi connectivity index (χ0) is 25.2. The lowest BCUT2D eigenvalue weighted by molar-refractivity contribution is -0.865. The molecular weight excluding hydrogens is 477 g/mol. The highest BCUT2D eigenvalue weighted by molar-refractivity contribution is 7.22. The van der Waals surface area contributed by atoms with Crippen LogP contribution < -0.4 is 19.8 Å². The molecule has 1 saturated heterocycles. The lowest BCUT2D eigenvalue weighted by Crippen LogP contribution is -2.46. The van der Waals surface area contributed by atoms with Crippen molar-refractivity contribution in [3.63, 3.8) is 0 Å². The number of fused-ring (bicyclic) bond motifs is 1. The van der Waals surface area contributed by atoms with E-state index in [0.29, 0.717) is 22.6 Å². The van der Waals surface area contributed by atoms with E-state index in [1.165, 1.54) is 23.1 Å². The summed E-state index contributed by atoms with van der Waals surface area (Å²) in [6, 6.07) is 7.91. The Morgan fingerprint density at radius 1 is 1.14 bits per heavy atom. The van der Waals surface area contributed by atoms with E-state index in [1.807, 2.05) is 36.7 Å². The van der Waals surface area contributed by atoms with Crippen LogP contribution in [0, 0.1) is 5.82 Å². The number of aromatic nitrogens is 4. The highest BCUT2D eigenvalue weighted by Gasteiger charge is 2.23. The number of nitrogens with one attached hydrogen (secondary N) is 1. The first-order valence-electron chi connectivity index (χ1n) is 12.2. The molecule has 4 aromatic rings. The van der Waals surface area contributed by atoms with E-state index in [2.05, 4.69) is 50.8 Å². The molecule has 0 aliphatic carbocycles. The van der Waals surface area contributed by atoms with Crippen LogP contribution in [0.2, 0.25) is 0 Å². The second-order valence-corrected chi connectivity index (χ2v) is 10.1. The Morgan fingerprint density at radius 3 is 2.61 bits per heavy atom. The highest BCUT2D eigenvalue weighted by Crippen LogP contribution is 2.36. The van der Waals surface area contributed by atoms with E-state index in [1.54, 1.807) is 11.8 Å². The van der Waals surface area contributed by atoms with Crippen LogP contribution in [0.4, 0.5) is 21.8 Å². The average molecular weight is 509 g/mol. The number of likely N-dealkylation sites (N-methyl/N-ethyl adjacent to an activating group) is 1. The standard InChI is InChI=1S/C26H31FN7OS/c1-5-32-10-12-33(13-11-32)18-6-7-23(28-15-18)30-26-29-16-20(27)24(31-26)22-14-21-25(36-22)19(17(2)3)8-9-34(21)35-4/h6-9,14-17H,5,10-13H2,1-4H3,(H,28,29,30,31)/q+1. The largest absolute Gasteiger partial charge is 0.368 e. The third-order valence-electron chi connectivity index (χ3n) is 6.57. The molecule has 0 atom stereocenters. The summed E-state index contributed by atoms with van der Waals surface area (Å²) in [5.74, 6) is 0.753. The quantitative estimate of drug-likeness (QED) is 0.374. The molecule has 0 spiro atoms. The molecule has 1 fully saturated rings. The van der Waals surface area contributed by atoms with Gasteiger partial charge in [-0.25, -0.2) is 19.3 Å². The molecule has 0 radical (unpaired) electrons. The van der Waals surface area contributed by atoms with E-state index < -0.39 is 5.82 Å². The number of anilines is 3. The molecule has 0 unspecified atom stereocenters. The van der Waals surface area contributed by atoms with Crippen molar-refractivity contribution in [2.45, 2.75) is 26.7 Å². The molecule has 5 rings (SSSR count). The molecule has 1 N–H and O–H groups in total. The normalized spacial score (nSPS) is 14.6. The highest BCUT2D eigenvalue weighted by atomic mass is 32.1. The van der Waals surface area contributed by atoms with Crippen LogP contribution in [0.5, 0.6) is 0 Å². The molecule has 0 saturated carbocycles. The maximum Gasteiger partial charge on any atom is 0.276 e. The predicted octanol–water partition coefficient (Wildman–Crippen LogP) is 4.25. The Kier molecular flexibility index (Phi) is 6.97. The van der Waals surface area contributed by atoms with Crippen molar-refractivity contribution < 1.29 is 14.0 Å². The fourth-order valence-electron chi connectivity index (χ4n) is 4.47. The van der Waals surface area contributed by atoms with Crippen molar-refractivity contribution in [1.82, 2.24) is 19.9 Å². The fraction of sp³-hybridized carbons (Fsp3) is 0.385. The van der Waals surface area contributed by atoms with Gasteiger partial charge in [-0.2, -0.15) is 0 Å². The van der Waals surface area contributed by atoms with Crippen LogP contribution in [0.1, 0.15) is 32.3 Å². The minimum atomic E-state index is -0.475. The second kappa shape index (κ2) is 10.3. The number of piperazine rings is 1. The van der Waals surface area contributed by atoms with E-state index in [-0.39, 0.29) is 5.69 Å². The summed E-state index contributed by atoms with van der Waals surface area (Å²) >= 11 is 1.50. The maximum atomic E-state index is 14.9. The molecule has 1 aliphatic heterocycles. The third kappa shape index (κ3) is 4.83. The van der Waals surface area contributed by atoms with Gasteiger partial charge in [0.25, 0.3) is 5.52 Å². The summed E-state index contributed by atoms with van der Waals surface area (Å²) in [5.41, 5.74) is 3.40. The van der Waals surface area contributed by atoms with Crippen LogP contribution in [-0.4, -0.2) is 59.7 Å². The van der Waals surface area contributed by atoms with Gasteiger partial charge in [-0.05, 0) is 30.2 Å². The minimum Gasteiger partial charge on any atom is -0.368 e. The second-order valence-electron chi connectivity index (χ2n) is 9.10. The van der Waals surface area contributed by atoms with Crippen LogP contribution >= 0.6 is 11.3 Å². The Morgan fingerprint density at radius 2 is 1.94 bits per heavy atom. The number of pyridine rings is 2. The van der Waals surface area contributed by atoms with Gasteiger partial charge in [0.05, 0.1) is 23.0 Å². The molecule has 36 heavy (non-hydrogen) atoms. The number of thiophene rings is 1. The first-order chi connectivity index (χ1) is 17.5. The number of nitrogens with zero attached hydrogens (tertiary/aromatic N) is 6. The Hall–Kier alpha value is -3.37. The van der Waals surface area contributed by atoms with Crippen LogP contribution in [0.3, 0.4) is 0 Å². The zero-order valence-corrected chi connectivity index (χ0v) is 21.8. The monoisotopic (exact) mass is 508 g/mol. The third-order valence-corrected chi connectivity index (χ3v) is 7.75. The van der Waals surface area contributed by atoms with Crippen LogP contribution in [0.25, 0.3) is 20.8 Å². The SMILES string of the molecule is CCN1CCN(c2ccc(Nc3ncc(F)c(-c4cc5c(s4)c(C(C)C)cc[n+]5OC)n3)nc2)CC1. The predicted molar refractivity (Wildman–Crippen MR) is 141 cm³/mol. The summed E-state index contributed by atoms with van der Waals surface area (Å²) in [6.07, 6.45) is 4.94. The molecule has 10 heteroatoms. The molecule has 0 aromatic carbocycles. The first-order valence-corrected chi connectivity index (χ1v) is 13.0. The average Bonchev–Trinajstić information content (AvgIpc) is 3.35. The van der Waals surface area contributed by atoms with Gasteiger partial charge in [0.2, 0.25) is 12.1 Å². The molecule has 0 amide bonds. The van der Waals surface area contributed by atoms with Gasteiger partial charge < -0.3 is 15.1 Å². The van der Waals surface area contributed by atoms with E-state index in [0.717, 1.165) is 48.6 Å². The van der Waals surface area contributed by atoms with Gasteiger partial charge in [0.1, 0.15) is 23.3 Å². The Labute approximate surface area is 214 Å². The van der Waals surface area contributed by atoms with Gasteiger partial charge in [-0.3, -0.25) is 4.84 Å². The molecule has 5 heterocycles. The number of halogens is 1. The van der Waals surface area contributed by atoms with E-state index in [4.69, 9.17) is 4.84 Å². The summed E-state index contributed by atoms with van der Waals surface area (Å²) < 4.78 is 17.6. The molecule has 188 valence electrons.